The summed E-state index contributed by atoms with van der Waals surface area (Å²) in [5.74, 6) is 2.16. The van der Waals surface area contributed by atoms with Crippen molar-refractivity contribution < 1.29 is 4.43 Å². The molecule has 2 rings (SSSR count). The Kier molecular flexibility index (Phi) is 7.67. The van der Waals surface area contributed by atoms with Crippen LogP contribution in [-0.2, 0) is 4.43 Å². The van der Waals surface area contributed by atoms with Crippen LogP contribution in [0, 0.1) is 11.8 Å². The van der Waals surface area contributed by atoms with E-state index in [1.54, 1.807) is 0 Å². The summed E-state index contributed by atoms with van der Waals surface area (Å²) >= 11 is 0. The van der Waals surface area contributed by atoms with E-state index < -0.39 is 8.32 Å². The van der Waals surface area contributed by atoms with Crippen molar-refractivity contribution in [1.29, 1.82) is 0 Å². The van der Waals surface area contributed by atoms with Gasteiger partial charge in [-0.1, -0.05) is 65.2 Å². The monoisotopic (exact) mass is 284 g/mol. The van der Waals surface area contributed by atoms with E-state index >= 15 is 0 Å². The van der Waals surface area contributed by atoms with Gasteiger partial charge in [0.25, 0.3) is 0 Å². The van der Waals surface area contributed by atoms with Gasteiger partial charge in [-0.15, -0.1) is 0 Å². The molecule has 0 aromatic carbocycles. The molecule has 2 aliphatic rings. The van der Waals surface area contributed by atoms with Gasteiger partial charge < -0.3 is 4.43 Å². The van der Waals surface area contributed by atoms with Crippen LogP contribution in [0.2, 0.25) is 18.6 Å². The lowest BCUT2D eigenvalue weighted by molar-refractivity contribution is 0.389. The third-order valence-corrected chi connectivity index (χ3v) is 9.26. The van der Waals surface area contributed by atoms with Crippen LogP contribution >= 0.6 is 0 Å². The second-order valence-corrected chi connectivity index (χ2v) is 11.6. The van der Waals surface area contributed by atoms with Gasteiger partial charge in [-0.05, 0) is 36.9 Å². The summed E-state index contributed by atoms with van der Waals surface area (Å²) < 4.78 is 5.56. The lowest BCUT2D eigenvalue weighted by Gasteiger charge is -2.26. The van der Waals surface area contributed by atoms with E-state index in [4.69, 9.17) is 4.43 Å². The van der Waals surface area contributed by atoms with Crippen LogP contribution in [0.3, 0.4) is 0 Å². The average molecular weight is 285 g/mol. The van der Waals surface area contributed by atoms with Gasteiger partial charge in [0.2, 0.25) is 0 Å². The Bertz CT molecular complexity index is 223. The first-order valence-electron chi connectivity index (χ1n) is 8.58. The molecule has 2 heteroatoms. The largest absolute Gasteiger partial charge is 0.420 e. The molecule has 1 nitrogen and oxygen atoms in total. The molecule has 0 saturated heterocycles. The molecular formula is C17H36OSi. The first-order chi connectivity index (χ1) is 9.03. The van der Waals surface area contributed by atoms with E-state index in [-0.39, 0.29) is 0 Å². The number of hydrogen-bond donors (Lipinski definition) is 0. The molecule has 0 N–H and O–H groups in total. The molecule has 2 unspecified atom stereocenters. The molecule has 2 fully saturated rings. The van der Waals surface area contributed by atoms with Crippen molar-refractivity contribution >= 4 is 8.32 Å². The van der Waals surface area contributed by atoms with Gasteiger partial charge in [0.05, 0.1) is 0 Å². The zero-order valence-corrected chi connectivity index (χ0v) is 15.0. The van der Waals surface area contributed by atoms with Crippen molar-refractivity contribution in [3.8, 4) is 0 Å². The highest BCUT2D eigenvalue weighted by Crippen LogP contribution is 2.38. The average Bonchev–Trinajstić information content (AvgIpc) is 3.10. The summed E-state index contributed by atoms with van der Waals surface area (Å²) in [6, 6.07) is 0. The highest BCUT2D eigenvalue weighted by Gasteiger charge is 2.34. The van der Waals surface area contributed by atoms with Crippen molar-refractivity contribution in [3.05, 3.63) is 0 Å². The van der Waals surface area contributed by atoms with E-state index in [0.717, 1.165) is 17.4 Å². The van der Waals surface area contributed by atoms with Crippen LogP contribution in [0.25, 0.3) is 0 Å². The highest BCUT2D eigenvalue weighted by molar-refractivity contribution is 6.72. The molecule has 0 bridgehead atoms. The van der Waals surface area contributed by atoms with E-state index in [9.17, 15) is 0 Å². The maximum absolute atomic E-state index is 5.56. The van der Waals surface area contributed by atoms with Crippen LogP contribution < -0.4 is 0 Å². The summed E-state index contributed by atoms with van der Waals surface area (Å²) in [6.45, 7) is 9.32. The van der Waals surface area contributed by atoms with Crippen LogP contribution in [0.15, 0.2) is 0 Å². The summed E-state index contributed by atoms with van der Waals surface area (Å²) in [7, 11) is 0.635. The van der Waals surface area contributed by atoms with E-state index in [0.29, 0.717) is 0 Å². The Balaban J connectivity index is 0.000000191. The maximum atomic E-state index is 5.56. The highest BCUT2D eigenvalue weighted by atomic mass is 28.4. The molecule has 0 amide bonds. The molecule has 2 saturated carbocycles. The Morgan fingerprint density at radius 3 is 1.68 bits per heavy atom. The maximum Gasteiger partial charge on any atom is 0.189 e. The fraction of sp³-hybridized carbons (Fsp3) is 1.00. The first kappa shape index (κ1) is 17.2. The Labute approximate surface area is 122 Å². The smallest absolute Gasteiger partial charge is 0.189 e. The Morgan fingerprint density at radius 1 is 0.895 bits per heavy atom. The molecule has 0 heterocycles. The van der Waals surface area contributed by atoms with Crippen molar-refractivity contribution in [3.63, 3.8) is 0 Å². The van der Waals surface area contributed by atoms with Gasteiger partial charge in [-0.3, -0.25) is 0 Å². The predicted molar refractivity (Wildman–Crippen MR) is 88.1 cm³/mol. The van der Waals surface area contributed by atoms with Gasteiger partial charge in [0.15, 0.2) is 8.32 Å². The van der Waals surface area contributed by atoms with Gasteiger partial charge in [0, 0.05) is 7.11 Å². The normalized spacial score (nSPS) is 28.3. The molecule has 2 atom stereocenters. The third kappa shape index (κ3) is 5.59. The van der Waals surface area contributed by atoms with Gasteiger partial charge in [0.1, 0.15) is 0 Å². The van der Waals surface area contributed by atoms with Crippen LogP contribution in [0.1, 0.15) is 71.6 Å². The van der Waals surface area contributed by atoms with Crippen LogP contribution in [0.5, 0.6) is 0 Å². The standard InChI is InChI=1S/C9H18.C8H18OSi/c1-3-8-5-6-9(4-2)7-8;1-9-10(2,3)8-6-4-5-7-8/h8-9H,3-7H2,1-2H3;8H,4-7H2,1-3H3. The van der Waals surface area contributed by atoms with Gasteiger partial charge in [-0.2, -0.15) is 0 Å². The third-order valence-electron chi connectivity index (χ3n) is 5.67. The summed E-state index contributed by atoms with van der Waals surface area (Å²) in [5, 5.41) is 0. The van der Waals surface area contributed by atoms with E-state index in [2.05, 4.69) is 26.9 Å². The molecule has 0 spiro atoms. The summed E-state index contributed by atoms with van der Waals surface area (Å²) in [4.78, 5) is 0. The molecule has 0 radical (unpaired) electrons. The van der Waals surface area contributed by atoms with Crippen LogP contribution in [-0.4, -0.2) is 15.4 Å². The molecule has 0 aromatic rings. The fourth-order valence-corrected chi connectivity index (χ4v) is 5.84. The zero-order chi connectivity index (χ0) is 14.3. The van der Waals surface area contributed by atoms with E-state index in [1.165, 1.54) is 57.8 Å². The minimum absolute atomic E-state index is 0.942. The summed E-state index contributed by atoms with van der Waals surface area (Å²) in [5.41, 5.74) is 0.942. The second-order valence-electron chi connectivity index (χ2n) is 7.15. The lowest BCUT2D eigenvalue weighted by Crippen LogP contribution is -2.33. The predicted octanol–water partition coefficient (Wildman–Crippen LogP) is 6.00. The minimum atomic E-state index is -1.24. The summed E-state index contributed by atoms with van der Waals surface area (Å²) in [6.07, 6.45) is 13.1. The quantitative estimate of drug-likeness (QED) is 0.575. The van der Waals surface area contributed by atoms with Gasteiger partial charge >= 0.3 is 0 Å². The molecule has 2 aliphatic carbocycles. The lowest BCUT2D eigenvalue weighted by atomic mass is 10.0. The number of rotatable bonds is 4. The first-order valence-corrected chi connectivity index (χ1v) is 11.6. The minimum Gasteiger partial charge on any atom is -0.420 e. The molecule has 0 aliphatic heterocycles. The van der Waals surface area contributed by atoms with Crippen molar-refractivity contribution in [2.75, 3.05) is 7.11 Å². The number of hydrogen-bond acceptors (Lipinski definition) is 1. The van der Waals surface area contributed by atoms with Crippen molar-refractivity contribution in [2.45, 2.75) is 90.3 Å². The van der Waals surface area contributed by atoms with Crippen LogP contribution in [0.4, 0.5) is 0 Å². The fourth-order valence-electron chi connectivity index (χ4n) is 3.71. The Morgan fingerprint density at radius 2 is 1.37 bits per heavy atom. The second kappa shape index (κ2) is 8.46. The molecular weight excluding hydrogens is 248 g/mol. The van der Waals surface area contributed by atoms with Crippen molar-refractivity contribution in [1.82, 2.24) is 0 Å². The molecule has 0 aromatic heterocycles. The van der Waals surface area contributed by atoms with Crippen molar-refractivity contribution in [2.24, 2.45) is 11.8 Å². The Hall–Kier alpha value is 0.177. The van der Waals surface area contributed by atoms with Gasteiger partial charge in [-0.25, -0.2) is 0 Å². The topological polar surface area (TPSA) is 9.23 Å². The SMILES string of the molecule is CCC1CCC(CC)C1.CO[Si](C)(C)C1CCCC1. The van der Waals surface area contributed by atoms with E-state index in [1.807, 2.05) is 7.11 Å². The molecule has 114 valence electrons. The zero-order valence-electron chi connectivity index (χ0n) is 14.0. The molecule has 19 heavy (non-hydrogen) atoms.